The molecule has 0 aliphatic heterocycles. The molecule has 0 aliphatic rings. The number of rotatable bonds is 3. The van der Waals surface area contributed by atoms with Crippen LogP contribution in [0.25, 0.3) is 0 Å². The third kappa shape index (κ3) is 3.48. The maximum Gasteiger partial charge on any atom is 0.272 e. The van der Waals surface area contributed by atoms with Gasteiger partial charge in [0.25, 0.3) is 5.91 Å². The number of amides is 1. The Labute approximate surface area is 112 Å². The number of benzene rings is 1. The van der Waals surface area contributed by atoms with E-state index < -0.39 is 0 Å². The predicted molar refractivity (Wildman–Crippen MR) is 75.1 cm³/mol. The summed E-state index contributed by atoms with van der Waals surface area (Å²) in [5, 5.41) is 4.08. The lowest BCUT2D eigenvalue weighted by Crippen LogP contribution is -2.19. The van der Waals surface area contributed by atoms with Gasteiger partial charge in [-0.15, -0.1) is 0 Å². The van der Waals surface area contributed by atoms with Crippen LogP contribution in [-0.2, 0) is 0 Å². The van der Waals surface area contributed by atoms with Crippen molar-refractivity contribution in [1.82, 2.24) is 10.4 Å². The molecule has 0 spiro atoms. The Morgan fingerprint density at radius 3 is 2.47 bits per heavy atom. The molecule has 1 N–H and O–H groups in total. The van der Waals surface area contributed by atoms with E-state index in [-0.39, 0.29) is 5.91 Å². The van der Waals surface area contributed by atoms with E-state index in [0.717, 1.165) is 17.0 Å². The first-order chi connectivity index (χ1) is 9.16. The van der Waals surface area contributed by atoms with E-state index in [2.05, 4.69) is 15.5 Å². The molecule has 19 heavy (non-hydrogen) atoms. The molecular weight excluding hydrogens is 238 g/mol. The maximum absolute atomic E-state index is 11.8. The average Bonchev–Trinajstić information content (AvgIpc) is 2.46. The molecule has 0 radical (unpaired) electrons. The van der Waals surface area contributed by atoms with Gasteiger partial charge in [0.05, 0.1) is 11.3 Å². The molecule has 1 heterocycles. The number of nitrogens with zero attached hydrogens (tertiary/aromatic N) is 2. The summed E-state index contributed by atoms with van der Waals surface area (Å²) in [5.41, 5.74) is 5.63. The zero-order valence-corrected chi connectivity index (χ0v) is 10.9. The number of aryl methyl sites for hydroxylation is 1. The summed E-state index contributed by atoms with van der Waals surface area (Å²) in [6, 6.07) is 13.2. The molecule has 4 heteroatoms. The van der Waals surface area contributed by atoms with E-state index in [9.17, 15) is 4.79 Å². The van der Waals surface area contributed by atoms with Crippen molar-refractivity contribution in [2.75, 3.05) is 0 Å². The monoisotopic (exact) mass is 253 g/mol. The highest BCUT2D eigenvalue weighted by Gasteiger charge is 2.04. The minimum absolute atomic E-state index is 0.261. The third-order valence-electron chi connectivity index (χ3n) is 2.69. The second-order valence-electron chi connectivity index (χ2n) is 4.19. The lowest BCUT2D eigenvalue weighted by atomic mass is 10.1. The molecule has 2 aromatic rings. The summed E-state index contributed by atoms with van der Waals surface area (Å²) in [6.45, 7) is 3.72. The van der Waals surface area contributed by atoms with Crippen molar-refractivity contribution in [3.05, 3.63) is 65.5 Å². The van der Waals surface area contributed by atoms with Crippen LogP contribution in [0.5, 0.6) is 0 Å². The number of carbonyl (C=O) groups excluding carboxylic acids is 1. The summed E-state index contributed by atoms with van der Waals surface area (Å²) in [6.07, 6.45) is 1.54. The van der Waals surface area contributed by atoms with Crippen molar-refractivity contribution in [2.45, 2.75) is 13.8 Å². The molecule has 4 nitrogen and oxygen atoms in total. The van der Waals surface area contributed by atoms with Crippen molar-refractivity contribution in [3.63, 3.8) is 0 Å². The number of carbonyl (C=O) groups is 1. The van der Waals surface area contributed by atoms with E-state index in [4.69, 9.17) is 0 Å². The van der Waals surface area contributed by atoms with Gasteiger partial charge in [-0.2, -0.15) is 5.10 Å². The highest BCUT2D eigenvalue weighted by atomic mass is 16.2. The van der Waals surface area contributed by atoms with Gasteiger partial charge in [0.1, 0.15) is 0 Å². The van der Waals surface area contributed by atoms with Gasteiger partial charge in [-0.1, -0.05) is 30.3 Å². The minimum atomic E-state index is -0.261. The summed E-state index contributed by atoms with van der Waals surface area (Å²) in [7, 11) is 0. The van der Waals surface area contributed by atoms with Gasteiger partial charge in [-0.3, -0.25) is 9.78 Å². The van der Waals surface area contributed by atoms with E-state index in [0.29, 0.717) is 5.56 Å². The van der Waals surface area contributed by atoms with Gasteiger partial charge >= 0.3 is 0 Å². The van der Waals surface area contributed by atoms with Crippen LogP contribution in [0.15, 0.2) is 53.8 Å². The molecule has 1 aromatic heterocycles. The van der Waals surface area contributed by atoms with Crippen LogP contribution in [0.3, 0.4) is 0 Å². The fraction of sp³-hybridized carbons (Fsp3) is 0.133. The molecule has 0 aliphatic carbocycles. The lowest BCUT2D eigenvalue weighted by molar-refractivity contribution is 0.0954. The van der Waals surface area contributed by atoms with Crippen LogP contribution in [0.1, 0.15) is 28.5 Å². The van der Waals surface area contributed by atoms with Gasteiger partial charge in [-0.05, 0) is 31.5 Å². The Bertz CT molecular complexity index is 589. The predicted octanol–water partition coefficient (Wildman–Crippen LogP) is 2.54. The van der Waals surface area contributed by atoms with Crippen molar-refractivity contribution < 1.29 is 4.79 Å². The fourth-order valence-corrected chi connectivity index (χ4v) is 1.55. The zero-order chi connectivity index (χ0) is 13.7. The highest BCUT2D eigenvalue weighted by molar-refractivity contribution is 6.00. The van der Waals surface area contributed by atoms with E-state index in [1.807, 2.05) is 44.2 Å². The van der Waals surface area contributed by atoms with Crippen LogP contribution < -0.4 is 5.43 Å². The largest absolute Gasteiger partial charge is 0.272 e. The molecule has 0 atom stereocenters. The number of hydrogen-bond donors (Lipinski definition) is 1. The first kappa shape index (κ1) is 13.0. The second-order valence-corrected chi connectivity index (χ2v) is 4.19. The standard InChI is InChI=1S/C15H15N3O/c1-11-8-9-14(10-16-11)15(19)18-17-12(2)13-6-4-3-5-7-13/h3-10H,1-2H3,(H,18,19)/b17-12+. The van der Waals surface area contributed by atoms with Crippen LogP contribution in [-0.4, -0.2) is 16.6 Å². The van der Waals surface area contributed by atoms with Gasteiger partial charge < -0.3 is 0 Å². The first-order valence-corrected chi connectivity index (χ1v) is 5.99. The van der Waals surface area contributed by atoms with E-state index >= 15 is 0 Å². The summed E-state index contributed by atoms with van der Waals surface area (Å²) in [4.78, 5) is 15.9. The molecule has 0 bridgehead atoms. The summed E-state index contributed by atoms with van der Waals surface area (Å²) < 4.78 is 0. The second kappa shape index (κ2) is 5.91. The molecule has 1 aromatic carbocycles. The van der Waals surface area contributed by atoms with Crippen LogP contribution in [0.2, 0.25) is 0 Å². The number of hydrazone groups is 1. The third-order valence-corrected chi connectivity index (χ3v) is 2.69. The smallest absolute Gasteiger partial charge is 0.267 e. The van der Waals surface area contributed by atoms with Crippen molar-refractivity contribution >= 4 is 11.6 Å². The maximum atomic E-state index is 11.8. The van der Waals surface area contributed by atoms with Crippen LogP contribution in [0.4, 0.5) is 0 Å². The molecule has 0 saturated heterocycles. The minimum Gasteiger partial charge on any atom is -0.267 e. The lowest BCUT2D eigenvalue weighted by Gasteiger charge is -2.03. The molecule has 2 rings (SSSR count). The molecule has 96 valence electrons. The number of pyridine rings is 1. The Hall–Kier alpha value is -2.49. The number of nitrogens with one attached hydrogen (secondary N) is 1. The quantitative estimate of drug-likeness (QED) is 0.675. The number of aromatic nitrogens is 1. The normalized spacial score (nSPS) is 11.2. The topological polar surface area (TPSA) is 54.4 Å². The van der Waals surface area contributed by atoms with Gasteiger partial charge in [0, 0.05) is 11.9 Å². The van der Waals surface area contributed by atoms with Crippen molar-refractivity contribution in [2.24, 2.45) is 5.10 Å². The van der Waals surface area contributed by atoms with Crippen LogP contribution >= 0.6 is 0 Å². The van der Waals surface area contributed by atoms with Gasteiger partial charge in [-0.25, -0.2) is 5.43 Å². The summed E-state index contributed by atoms with van der Waals surface area (Å²) in [5.74, 6) is -0.261. The van der Waals surface area contributed by atoms with E-state index in [1.54, 1.807) is 12.1 Å². The SMILES string of the molecule is C/C(=N\NC(=O)c1ccc(C)nc1)c1ccccc1. The Kier molecular flexibility index (Phi) is 4.03. The van der Waals surface area contributed by atoms with Crippen LogP contribution in [0, 0.1) is 6.92 Å². The molecule has 0 saturated carbocycles. The van der Waals surface area contributed by atoms with Gasteiger partial charge in [0.15, 0.2) is 0 Å². The Morgan fingerprint density at radius 2 is 1.84 bits per heavy atom. The van der Waals surface area contributed by atoms with Crippen molar-refractivity contribution in [3.8, 4) is 0 Å². The average molecular weight is 253 g/mol. The molecule has 1 amide bonds. The molecule has 0 unspecified atom stereocenters. The van der Waals surface area contributed by atoms with E-state index in [1.165, 1.54) is 6.20 Å². The zero-order valence-electron chi connectivity index (χ0n) is 10.9. The fourth-order valence-electron chi connectivity index (χ4n) is 1.55. The van der Waals surface area contributed by atoms with Crippen molar-refractivity contribution in [1.29, 1.82) is 0 Å². The summed E-state index contributed by atoms with van der Waals surface area (Å²) >= 11 is 0. The molecule has 0 fully saturated rings. The number of hydrogen-bond acceptors (Lipinski definition) is 3. The molecular formula is C15H15N3O. The Morgan fingerprint density at radius 1 is 1.11 bits per heavy atom. The Balaban J connectivity index is 2.06. The highest BCUT2D eigenvalue weighted by Crippen LogP contribution is 2.01. The van der Waals surface area contributed by atoms with Gasteiger partial charge in [0.2, 0.25) is 0 Å². The first-order valence-electron chi connectivity index (χ1n) is 5.99.